The molecule has 5 nitrogen and oxygen atoms in total. The molecule has 0 radical (unpaired) electrons. The first kappa shape index (κ1) is 14.7. The number of esters is 1. The molecule has 1 aromatic carbocycles. The summed E-state index contributed by atoms with van der Waals surface area (Å²) >= 11 is 0. The van der Waals surface area contributed by atoms with Crippen molar-refractivity contribution in [3.05, 3.63) is 71.0 Å². The number of aromatic nitrogens is 1. The molecule has 0 atom stereocenters. The fourth-order valence-corrected chi connectivity index (χ4v) is 2.46. The number of hydrogen-bond acceptors (Lipinski definition) is 4. The monoisotopic (exact) mass is 306 g/mol. The number of para-hydroxylation sites is 1. The second-order valence-corrected chi connectivity index (χ2v) is 5.18. The number of carbonyl (C=O) groups excluding carboxylic acids is 1. The molecule has 1 N–H and O–H groups in total. The van der Waals surface area contributed by atoms with Gasteiger partial charge in [-0.05, 0) is 30.7 Å². The highest BCUT2D eigenvalue weighted by atomic mass is 16.5. The lowest BCUT2D eigenvalue weighted by atomic mass is 10.1. The third-order valence-electron chi connectivity index (χ3n) is 3.69. The maximum Gasteiger partial charge on any atom is 0.342 e. The molecule has 3 aromatic rings. The molecule has 0 aliphatic carbocycles. The smallest absolute Gasteiger partial charge is 0.342 e. The molecule has 0 spiro atoms. The van der Waals surface area contributed by atoms with Crippen LogP contribution in [0.15, 0.2) is 48.8 Å². The van der Waals surface area contributed by atoms with Gasteiger partial charge in [0.05, 0.1) is 11.1 Å². The number of phenolic OH excluding ortho intramolecular Hbond substituents is 1. The molecule has 0 aliphatic heterocycles. The SMILES string of the molecule is Cc1cccc(C(=O)OCc2cn3ccccc3c2C#N)c1O. The van der Waals surface area contributed by atoms with Crippen LogP contribution >= 0.6 is 0 Å². The first-order chi connectivity index (χ1) is 11.1. The minimum Gasteiger partial charge on any atom is -0.507 e. The van der Waals surface area contributed by atoms with Gasteiger partial charge in [-0.1, -0.05) is 18.2 Å². The Morgan fingerprint density at radius 1 is 1.30 bits per heavy atom. The van der Waals surface area contributed by atoms with Crippen molar-refractivity contribution in [2.24, 2.45) is 0 Å². The lowest BCUT2D eigenvalue weighted by Gasteiger charge is -2.07. The fourth-order valence-electron chi connectivity index (χ4n) is 2.46. The fraction of sp³-hybridized carbons (Fsp3) is 0.111. The number of nitriles is 1. The Labute approximate surface area is 133 Å². The molecule has 0 saturated heterocycles. The summed E-state index contributed by atoms with van der Waals surface area (Å²) in [5.74, 6) is -0.703. The number of fused-ring (bicyclic) bond motifs is 1. The Balaban J connectivity index is 1.85. The van der Waals surface area contributed by atoms with Crippen molar-refractivity contribution in [1.82, 2.24) is 4.40 Å². The summed E-state index contributed by atoms with van der Waals surface area (Å²) in [5, 5.41) is 19.2. The van der Waals surface area contributed by atoms with Gasteiger partial charge >= 0.3 is 5.97 Å². The van der Waals surface area contributed by atoms with Gasteiger partial charge in [-0.15, -0.1) is 0 Å². The Kier molecular flexibility index (Phi) is 3.73. The van der Waals surface area contributed by atoms with E-state index in [1.807, 2.05) is 28.8 Å². The van der Waals surface area contributed by atoms with Gasteiger partial charge < -0.3 is 14.2 Å². The summed E-state index contributed by atoms with van der Waals surface area (Å²) in [6, 6.07) is 12.6. The van der Waals surface area contributed by atoms with E-state index in [2.05, 4.69) is 6.07 Å². The Hall–Kier alpha value is -3.26. The van der Waals surface area contributed by atoms with Gasteiger partial charge in [-0.2, -0.15) is 5.26 Å². The Bertz CT molecular complexity index is 935. The van der Waals surface area contributed by atoms with E-state index >= 15 is 0 Å². The molecule has 114 valence electrons. The number of pyridine rings is 1. The minimum atomic E-state index is -0.620. The van der Waals surface area contributed by atoms with Crippen LogP contribution in [0.3, 0.4) is 0 Å². The van der Waals surface area contributed by atoms with E-state index in [1.54, 1.807) is 25.3 Å². The number of aryl methyl sites for hydroxylation is 1. The van der Waals surface area contributed by atoms with Crippen LogP contribution in [-0.4, -0.2) is 15.5 Å². The van der Waals surface area contributed by atoms with E-state index in [9.17, 15) is 15.2 Å². The van der Waals surface area contributed by atoms with Crippen LogP contribution in [0.2, 0.25) is 0 Å². The predicted molar refractivity (Wildman–Crippen MR) is 84.1 cm³/mol. The lowest BCUT2D eigenvalue weighted by Crippen LogP contribution is -2.06. The van der Waals surface area contributed by atoms with Crippen molar-refractivity contribution < 1.29 is 14.6 Å². The quantitative estimate of drug-likeness (QED) is 0.754. The van der Waals surface area contributed by atoms with Crippen molar-refractivity contribution in [1.29, 1.82) is 5.26 Å². The van der Waals surface area contributed by atoms with Crippen LogP contribution in [0.4, 0.5) is 0 Å². The zero-order chi connectivity index (χ0) is 16.4. The van der Waals surface area contributed by atoms with E-state index in [-0.39, 0.29) is 17.9 Å². The molecule has 23 heavy (non-hydrogen) atoms. The summed E-state index contributed by atoms with van der Waals surface area (Å²) < 4.78 is 7.07. The van der Waals surface area contributed by atoms with Crippen LogP contribution in [0.5, 0.6) is 5.75 Å². The van der Waals surface area contributed by atoms with Crippen molar-refractivity contribution in [3.63, 3.8) is 0 Å². The first-order valence-corrected chi connectivity index (χ1v) is 7.06. The van der Waals surface area contributed by atoms with Gasteiger partial charge in [0.15, 0.2) is 0 Å². The van der Waals surface area contributed by atoms with Crippen molar-refractivity contribution in [3.8, 4) is 11.8 Å². The summed E-state index contributed by atoms with van der Waals surface area (Å²) in [4.78, 5) is 12.1. The predicted octanol–water partition coefficient (Wildman–Crippen LogP) is 3.18. The third kappa shape index (κ3) is 2.62. The molecule has 2 heterocycles. The molecule has 0 amide bonds. The molecular formula is C18H14N2O3. The van der Waals surface area contributed by atoms with Gasteiger partial charge in [-0.3, -0.25) is 0 Å². The number of nitrogens with zero attached hydrogens (tertiary/aromatic N) is 2. The van der Waals surface area contributed by atoms with Crippen LogP contribution in [-0.2, 0) is 11.3 Å². The topological polar surface area (TPSA) is 74.7 Å². The number of hydrogen-bond donors (Lipinski definition) is 1. The van der Waals surface area contributed by atoms with Gasteiger partial charge in [-0.25, -0.2) is 4.79 Å². The van der Waals surface area contributed by atoms with Crippen LogP contribution in [0, 0.1) is 18.3 Å². The molecule has 5 heteroatoms. The molecule has 0 aliphatic rings. The van der Waals surface area contributed by atoms with E-state index in [0.29, 0.717) is 16.7 Å². The zero-order valence-corrected chi connectivity index (χ0v) is 12.5. The van der Waals surface area contributed by atoms with E-state index < -0.39 is 5.97 Å². The van der Waals surface area contributed by atoms with Gasteiger partial charge in [0, 0.05) is 18.0 Å². The summed E-state index contributed by atoms with van der Waals surface area (Å²) in [6.45, 7) is 1.68. The van der Waals surface area contributed by atoms with Crippen molar-refractivity contribution >= 4 is 11.5 Å². The Morgan fingerprint density at radius 2 is 2.13 bits per heavy atom. The molecule has 0 bridgehead atoms. The van der Waals surface area contributed by atoms with E-state index in [0.717, 1.165) is 5.52 Å². The number of benzene rings is 1. The number of rotatable bonds is 3. The minimum absolute atomic E-state index is 0.0310. The van der Waals surface area contributed by atoms with Crippen LogP contribution < -0.4 is 0 Å². The zero-order valence-electron chi connectivity index (χ0n) is 12.5. The first-order valence-electron chi connectivity index (χ1n) is 7.06. The van der Waals surface area contributed by atoms with Crippen LogP contribution in [0.25, 0.3) is 5.52 Å². The molecule has 2 aromatic heterocycles. The van der Waals surface area contributed by atoms with Crippen molar-refractivity contribution in [2.45, 2.75) is 13.5 Å². The third-order valence-corrected chi connectivity index (χ3v) is 3.69. The number of carbonyl (C=O) groups is 1. The average Bonchev–Trinajstić information content (AvgIpc) is 2.92. The summed E-state index contributed by atoms with van der Waals surface area (Å²) in [7, 11) is 0. The van der Waals surface area contributed by atoms with Crippen LogP contribution in [0.1, 0.15) is 27.0 Å². The maximum atomic E-state index is 12.1. The number of aromatic hydroxyl groups is 1. The molecular weight excluding hydrogens is 292 g/mol. The van der Waals surface area contributed by atoms with E-state index in [1.165, 1.54) is 6.07 Å². The molecule has 3 rings (SSSR count). The maximum absolute atomic E-state index is 12.1. The average molecular weight is 306 g/mol. The highest BCUT2D eigenvalue weighted by molar-refractivity contribution is 5.92. The van der Waals surface area contributed by atoms with E-state index in [4.69, 9.17) is 4.74 Å². The summed E-state index contributed by atoms with van der Waals surface area (Å²) in [5.41, 5.74) is 2.59. The Morgan fingerprint density at radius 3 is 2.91 bits per heavy atom. The number of ether oxygens (including phenoxy) is 1. The molecule has 0 unspecified atom stereocenters. The van der Waals surface area contributed by atoms with Gasteiger partial charge in [0.1, 0.15) is 24.0 Å². The highest BCUT2D eigenvalue weighted by Crippen LogP contribution is 2.23. The lowest BCUT2D eigenvalue weighted by molar-refractivity contribution is 0.0469. The van der Waals surface area contributed by atoms with Gasteiger partial charge in [0.25, 0.3) is 0 Å². The summed E-state index contributed by atoms with van der Waals surface area (Å²) in [6.07, 6.45) is 3.59. The largest absolute Gasteiger partial charge is 0.507 e. The standard InChI is InChI=1S/C18H14N2O3/c1-12-5-4-6-14(17(12)21)18(22)23-11-13-10-20-8-3-2-7-16(20)15(13)9-19/h2-8,10,21H,11H2,1H3. The number of phenols is 1. The van der Waals surface area contributed by atoms with Crippen molar-refractivity contribution in [2.75, 3.05) is 0 Å². The second-order valence-electron chi connectivity index (χ2n) is 5.18. The molecule has 0 fully saturated rings. The molecule has 0 saturated carbocycles. The van der Waals surface area contributed by atoms with Gasteiger partial charge in [0.2, 0.25) is 0 Å². The highest BCUT2D eigenvalue weighted by Gasteiger charge is 2.16. The second kappa shape index (κ2) is 5.85. The normalized spacial score (nSPS) is 10.4.